The lowest BCUT2D eigenvalue weighted by Crippen LogP contribution is -2.36. The Labute approximate surface area is 115 Å². The minimum atomic E-state index is 0.297. The number of rotatable bonds is 3. The lowest BCUT2D eigenvalue weighted by atomic mass is 9.98. The zero-order valence-electron chi connectivity index (χ0n) is 11.3. The third-order valence-corrected chi connectivity index (χ3v) is 3.60. The summed E-state index contributed by atoms with van der Waals surface area (Å²) in [5, 5.41) is 9.28. The van der Waals surface area contributed by atoms with Crippen LogP contribution in [0.4, 0.5) is 0 Å². The van der Waals surface area contributed by atoms with E-state index in [2.05, 4.69) is 28.9 Å². The quantitative estimate of drug-likeness (QED) is 0.801. The van der Waals surface area contributed by atoms with E-state index in [1.54, 1.807) is 0 Å². The molecule has 1 saturated heterocycles. The van der Waals surface area contributed by atoms with Crippen molar-refractivity contribution in [3.63, 3.8) is 0 Å². The normalized spacial score (nSPS) is 19.8. The van der Waals surface area contributed by atoms with E-state index in [1.807, 2.05) is 12.1 Å². The smallest absolute Gasteiger partial charge is 0.0555 e. The second-order valence-corrected chi connectivity index (χ2v) is 5.09. The highest BCUT2D eigenvalue weighted by Gasteiger charge is 2.19. The number of likely N-dealkylation sites (tertiary alicyclic amines) is 1. The summed E-state index contributed by atoms with van der Waals surface area (Å²) in [5.41, 5.74) is 7.76. The Morgan fingerprint density at radius 1 is 1.37 bits per heavy atom. The van der Waals surface area contributed by atoms with E-state index in [4.69, 9.17) is 5.73 Å². The van der Waals surface area contributed by atoms with Crippen LogP contribution in [-0.2, 0) is 6.54 Å². The standard InChI is InChI=1S/C16H22N2O/c17-9-3-8-15-6-1-2-7-16(15)12-18-10-4-5-14(11-18)13-19/h1-2,6-7,14,19H,4-5,9-13,17H2. The molecule has 1 heterocycles. The molecule has 0 saturated carbocycles. The molecule has 102 valence electrons. The minimum absolute atomic E-state index is 0.297. The van der Waals surface area contributed by atoms with Crippen molar-refractivity contribution >= 4 is 0 Å². The molecule has 1 unspecified atom stereocenters. The van der Waals surface area contributed by atoms with Crippen LogP contribution in [0.2, 0.25) is 0 Å². The van der Waals surface area contributed by atoms with Crippen molar-refractivity contribution < 1.29 is 5.11 Å². The van der Waals surface area contributed by atoms with Crippen molar-refractivity contribution in [3.8, 4) is 11.8 Å². The number of hydrogen-bond acceptors (Lipinski definition) is 3. The third kappa shape index (κ3) is 4.07. The second kappa shape index (κ2) is 7.30. The molecule has 3 heteroatoms. The van der Waals surface area contributed by atoms with Crippen LogP contribution in [0.3, 0.4) is 0 Å². The van der Waals surface area contributed by atoms with Crippen LogP contribution in [-0.4, -0.2) is 36.2 Å². The van der Waals surface area contributed by atoms with Crippen molar-refractivity contribution in [2.75, 3.05) is 26.2 Å². The molecule has 1 aromatic rings. The molecule has 19 heavy (non-hydrogen) atoms. The molecule has 1 fully saturated rings. The van der Waals surface area contributed by atoms with Gasteiger partial charge in [-0.25, -0.2) is 0 Å². The first-order valence-electron chi connectivity index (χ1n) is 6.93. The number of aliphatic hydroxyl groups excluding tert-OH is 1. The zero-order valence-corrected chi connectivity index (χ0v) is 11.3. The number of nitrogens with two attached hydrogens (primary N) is 1. The van der Waals surface area contributed by atoms with Gasteiger partial charge in [0.1, 0.15) is 0 Å². The lowest BCUT2D eigenvalue weighted by molar-refractivity contribution is 0.116. The largest absolute Gasteiger partial charge is 0.396 e. The molecule has 0 aromatic heterocycles. The average molecular weight is 258 g/mol. The van der Waals surface area contributed by atoms with Gasteiger partial charge in [-0.1, -0.05) is 30.0 Å². The van der Waals surface area contributed by atoms with Crippen LogP contribution < -0.4 is 5.73 Å². The van der Waals surface area contributed by atoms with Gasteiger partial charge in [0.15, 0.2) is 0 Å². The molecule has 2 rings (SSSR count). The van der Waals surface area contributed by atoms with Crippen LogP contribution in [0.25, 0.3) is 0 Å². The van der Waals surface area contributed by atoms with E-state index in [1.165, 1.54) is 12.0 Å². The zero-order chi connectivity index (χ0) is 13.5. The fraction of sp³-hybridized carbons (Fsp3) is 0.500. The molecule has 1 aliphatic rings. The Kier molecular flexibility index (Phi) is 5.41. The summed E-state index contributed by atoms with van der Waals surface area (Å²) in [4.78, 5) is 2.41. The van der Waals surface area contributed by atoms with Gasteiger partial charge >= 0.3 is 0 Å². The Hall–Kier alpha value is -1.34. The van der Waals surface area contributed by atoms with E-state index in [0.717, 1.165) is 31.6 Å². The van der Waals surface area contributed by atoms with E-state index < -0.39 is 0 Å². The van der Waals surface area contributed by atoms with Gasteiger partial charge in [-0.05, 0) is 36.9 Å². The summed E-state index contributed by atoms with van der Waals surface area (Å²) >= 11 is 0. The van der Waals surface area contributed by atoms with E-state index in [0.29, 0.717) is 19.1 Å². The molecular formula is C16H22N2O. The Bertz CT molecular complexity index is 461. The summed E-state index contributed by atoms with van der Waals surface area (Å²) in [6.07, 6.45) is 2.31. The average Bonchev–Trinajstić information content (AvgIpc) is 2.46. The highest BCUT2D eigenvalue weighted by Crippen LogP contribution is 2.19. The molecule has 1 aromatic carbocycles. The van der Waals surface area contributed by atoms with Crippen molar-refractivity contribution in [2.45, 2.75) is 19.4 Å². The molecule has 3 nitrogen and oxygen atoms in total. The minimum Gasteiger partial charge on any atom is -0.396 e. The first-order valence-corrected chi connectivity index (χ1v) is 6.93. The summed E-state index contributed by atoms with van der Waals surface area (Å²) in [7, 11) is 0. The SMILES string of the molecule is NCC#Cc1ccccc1CN1CCCC(CO)C1. The van der Waals surface area contributed by atoms with Crippen molar-refractivity contribution in [3.05, 3.63) is 35.4 Å². The molecule has 3 N–H and O–H groups in total. The number of nitrogens with zero attached hydrogens (tertiary/aromatic N) is 1. The van der Waals surface area contributed by atoms with Crippen LogP contribution >= 0.6 is 0 Å². The van der Waals surface area contributed by atoms with Crippen LogP contribution in [0.5, 0.6) is 0 Å². The predicted molar refractivity (Wildman–Crippen MR) is 77.5 cm³/mol. The highest BCUT2D eigenvalue weighted by molar-refractivity contribution is 5.41. The van der Waals surface area contributed by atoms with Crippen molar-refractivity contribution in [1.29, 1.82) is 0 Å². The summed E-state index contributed by atoms with van der Waals surface area (Å²) in [5.74, 6) is 6.48. The lowest BCUT2D eigenvalue weighted by Gasteiger charge is -2.32. The monoisotopic (exact) mass is 258 g/mol. The molecule has 1 aliphatic heterocycles. The molecule has 0 spiro atoms. The van der Waals surface area contributed by atoms with Gasteiger partial charge in [0.25, 0.3) is 0 Å². The Balaban J connectivity index is 2.06. The summed E-state index contributed by atoms with van der Waals surface area (Å²) in [6, 6.07) is 8.24. The van der Waals surface area contributed by atoms with Gasteiger partial charge in [-0.3, -0.25) is 4.90 Å². The summed E-state index contributed by atoms with van der Waals surface area (Å²) in [6.45, 7) is 3.69. The molecule has 0 radical (unpaired) electrons. The second-order valence-electron chi connectivity index (χ2n) is 5.09. The van der Waals surface area contributed by atoms with Gasteiger partial charge in [-0.15, -0.1) is 0 Å². The number of piperidine rings is 1. The fourth-order valence-corrected chi connectivity index (χ4v) is 2.61. The maximum atomic E-state index is 9.28. The van der Waals surface area contributed by atoms with Gasteiger partial charge in [0.2, 0.25) is 0 Å². The topological polar surface area (TPSA) is 49.5 Å². The molecule has 0 bridgehead atoms. The number of hydrogen-bond donors (Lipinski definition) is 2. The number of benzene rings is 1. The van der Waals surface area contributed by atoms with Gasteiger partial charge in [0.05, 0.1) is 6.54 Å². The Morgan fingerprint density at radius 2 is 2.21 bits per heavy atom. The van der Waals surface area contributed by atoms with Gasteiger partial charge in [0, 0.05) is 25.3 Å². The van der Waals surface area contributed by atoms with E-state index >= 15 is 0 Å². The summed E-state index contributed by atoms with van der Waals surface area (Å²) < 4.78 is 0. The van der Waals surface area contributed by atoms with Crippen LogP contribution in [0.1, 0.15) is 24.0 Å². The first-order chi connectivity index (χ1) is 9.33. The predicted octanol–water partition coefficient (Wildman–Crippen LogP) is 1.20. The highest BCUT2D eigenvalue weighted by atomic mass is 16.3. The maximum Gasteiger partial charge on any atom is 0.0555 e. The van der Waals surface area contributed by atoms with Crippen molar-refractivity contribution in [1.82, 2.24) is 4.90 Å². The molecular weight excluding hydrogens is 236 g/mol. The maximum absolute atomic E-state index is 9.28. The van der Waals surface area contributed by atoms with Gasteiger partial charge < -0.3 is 10.8 Å². The van der Waals surface area contributed by atoms with E-state index in [9.17, 15) is 5.11 Å². The third-order valence-electron chi connectivity index (χ3n) is 3.60. The first kappa shape index (κ1) is 14.1. The van der Waals surface area contributed by atoms with Crippen LogP contribution in [0.15, 0.2) is 24.3 Å². The van der Waals surface area contributed by atoms with Crippen LogP contribution in [0, 0.1) is 17.8 Å². The van der Waals surface area contributed by atoms with Crippen molar-refractivity contribution in [2.24, 2.45) is 11.7 Å². The molecule has 0 aliphatic carbocycles. The number of aliphatic hydroxyl groups is 1. The fourth-order valence-electron chi connectivity index (χ4n) is 2.61. The molecule has 0 amide bonds. The molecule has 1 atom stereocenters. The van der Waals surface area contributed by atoms with E-state index in [-0.39, 0.29) is 0 Å². The Morgan fingerprint density at radius 3 is 3.00 bits per heavy atom. The van der Waals surface area contributed by atoms with Gasteiger partial charge in [-0.2, -0.15) is 0 Å².